The molecule has 0 aromatic heterocycles. The Balaban J connectivity index is 2.03. The Morgan fingerprint density at radius 3 is 2.53 bits per heavy atom. The lowest BCUT2D eigenvalue weighted by molar-refractivity contribution is -0.134. The molecule has 19 heavy (non-hydrogen) atoms. The monoisotopic (exact) mass is 276 g/mol. The van der Waals surface area contributed by atoms with E-state index in [1.165, 1.54) is 0 Å². The van der Waals surface area contributed by atoms with E-state index in [9.17, 15) is 10.1 Å². The van der Waals surface area contributed by atoms with Crippen LogP contribution in [0.4, 0.5) is 0 Å². The summed E-state index contributed by atoms with van der Waals surface area (Å²) in [5.41, 5.74) is 0.165. The fourth-order valence-electron chi connectivity index (χ4n) is 2.63. The van der Waals surface area contributed by atoms with Crippen LogP contribution in [0.1, 0.15) is 38.3 Å². The maximum absolute atomic E-state index is 12.2. The number of rotatable bonds is 3. The Morgan fingerprint density at radius 2 is 2.05 bits per heavy atom. The molecule has 0 aliphatic heterocycles. The Morgan fingerprint density at radius 1 is 1.47 bits per heavy atom. The molecule has 4 heteroatoms. The summed E-state index contributed by atoms with van der Waals surface area (Å²) < 4.78 is 0. The Kier molecular flexibility index (Phi) is 3.82. The fraction of sp³-hybridized carbons (Fsp3) is 0.467. The number of carbonyl (C=O) groups is 1. The molecule has 1 fully saturated rings. The number of benzene rings is 1. The maximum atomic E-state index is 12.2. The van der Waals surface area contributed by atoms with Crippen molar-refractivity contribution in [1.82, 2.24) is 5.32 Å². The van der Waals surface area contributed by atoms with E-state index in [2.05, 4.69) is 18.3 Å². The topological polar surface area (TPSA) is 52.9 Å². The minimum atomic E-state index is -0.819. The predicted octanol–water partition coefficient (Wildman–Crippen LogP) is 3.46. The van der Waals surface area contributed by atoms with Crippen molar-refractivity contribution in [3.05, 3.63) is 34.9 Å². The molecule has 0 saturated heterocycles. The second kappa shape index (κ2) is 5.22. The van der Waals surface area contributed by atoms with Crippen LogP contribution in [-0.4, -0.2) is 5.91 Å². The van der Waals surface area contributed by atoms with Gasteiger partial charge in [-0.15, -0.1) is 0 Å². The molecule has 1 aromatic carbocycles. The first kappa shape index (κ1) is 13.9. The zero-order chi connectivity index (χ0) is 14.0. The molecule has 1 unspecified atom stereocenters. The molecule has 1 aliphatic carbocycles. The number of halogens is 1. The lowest BCUT2D eigenvalue weighted by Crippen LogP contribution is -2.48. The van der Waals surface area contributed by atoms with Crippen molar-refractivity contribution >= 4 is 17.5 Å². The molecule has 1 amide bonds. The van der Waals surface area contributed by atoms with Gasteiger partial charge in [-0.1, -0.05) is 30.7 Å². The molecular weight excluding hydrogens is 260 g/mol. The zero-order valence-corrected chi connectivity index (χ0v) is 11.9. The SMILES string of the molecule is CC1CC(C#N)(C(=O)NC(C)c2ccc(Cl)cc2)C1. The molecule has 100 valence electrons. The average Bonchev–Trinajstić information content (AvgIpc) is 2.35. The van der Waals surface area contributed by atoms with Crippen molar-refractivity contribution in [3.63, 3.8) is 0 Å². The van der Waals surface area contributed by atoms with Crippen molar-refractivity contribution in [2.45, 2.75) is 32.7 Å². The Hall–Kier alpha value is -1.53. The van der Waals surface area contributed by atoms with Crippen molar-refractivity contribution in [2.75, 3.05) is 0 Å². The standard InChI is InChI=1S/C15H17ClN2O/c1-10-7-15(8-10,9-17)14(19)18-11(2)12-3-5-13(16)6-4-12/h3-6,10-11H,7-8H2,1-2H3,(H,18,19). The second-order valence-electron chi connectivity index (χ2n) is 5.45. The van der Waals surface area contributed by atoms with Gasteiger partial charge in [0.2, 0.25) is 5.91 Å². The van der Waals surface area contributed by atoms with Gasteiger partial charge in [0.25, 0.3) is 0 Å². The van der Waals surface area contributed by atoms with E-state index in [-0.39, 0.29) is 11.9 Å². The first-order chi connectivity index (χ1) is 8.97. The molecule has 0 spiro atoms. The molecule has 1 aliphatic rings. The molecule has 1 saturated carbocycles. The summed E-state index contributed by atoms with van der Waals surface area (Å²) in [5, 5.41) is 12.8. The van der Waals surface area contributed by atoms with Gasteiger partial charge in [0.05, 0.1) is 12.1 Å². The molecule has 1 N–H and O–H groups in total. The van der Waals surface area contributed by atoms with Gasteiger partial charge in [-0.2, -0.15) is 5.26 Å². The first-order valence-corrected chi connectivity index (χ1v) is 6.82. The fourth-order valence-corrected chi connectivity index (χ4v) is 2.75. The van der Waals surface area contributed by atoms with Gasteiger partial charge in [-0.25, -0.2) is 0 Å². The van der Waals surface area contributed by atoms with Crippen LogP contribution < -0.4 is 5.32 Å². The van der Waals surface area contributed by atoms with Crippen LogP contribution in [0.5, 0.6) is 0 Å². The third-order valence-electron chi connectivity index (χ3n) is 3.76. The van der Waals surface area contributed by atoms with E-state index in [1.807, 2.05) is 19.1 Å². The van der Waals surface area contributed by atoms with Crippen molar-refractivity contribution in [1.29, 1.82) is 5.26 Å². The molecule has 0 heterocycles. The highest BCUT2D eigenvalue weighted by Crippen LogP contribution is 2.45. The normalized spacial score (nSPS) is 26.9. The first-order valence-electron chi connectivity index (χ1n) is 6.44. The van der Waals surface area contributed by atoms with Gasteiger partial charge < -0.3 is 5.32 Å². The van der Waals surface area contributed by atoms with Crippen LogP contribution in [0.2, 0.25) is 5.02 Å². The van der Waals surface area contributed by atoms with E-state index in [0.29, 0.717) is 23.8 Å². The van der Waals surface area contributed by atoms with Gasteiger partial charge in [0.15, 0.2) is 0 Å². The summed E-state index contributed by atoms with van der Waals surface area (Å²) in [7, 11) is 0. The lowest BCUT2D eigenvalue weighted by Gasteiger charge is -2.39. The summed E-state index contributed by atoms with van der Waals surface area (Å²) in [6.07, 6.45) is 1.31. The highest BCUT2D eigenvalue weighted by molar-refractivity contribution is 6.30. The van der Waals surface area contributed by atoms with Crippen LogP contribution in [0.3, 0.4) is 0 Å². The van der Waals surface area contributed by atoms with E-state index in [1.54, 1.807) is 12.1 Å². The van der Waals surface area contributed by atoms with Crippen molar-refractivity contribution in [3.8, 4) is 6.07 Å². The predicted molar refractivity (Wildman–Crippen MR) is 74.5 cm³/mol. The maximum Gasteiger partial charge on any atom is 0.240 e. The van der Waals surface area contributed by atoms with Gasteiger partial charge in [-0.05, 0) is 43.4 Å². The summed E-state index contributed by atoms with van der Waals surface area (Å²) in [6, 6.07) is 9.42. The number of nitrogens with zero attached hydrogens (tertiary/aromatic N) is 1. The number of amides is 1. The third kappa shape index (κ3) is 2.74. The van der Waals surface area contributed by atoms with Crippen LogP contribution in [-0.2, 0) is 4.79 Å². The van der Waals surface area contributed by atoms with E-state index in [0.717, 1.165) is 5.56 Å². The van der Waals surface area contributed by atoms with E-state index >= 15 is 0 Å². The molecule has 1 atom stereocenters. The molecule has 0 radical (unpaired) electrons. The Bertz CT molecular complexity index is 512. The molecule has 0 bridgehead atoms. The summed E-state index contributed by atoms with van der Waals surface area (Å²) in [4.78, 5) is 12.2. The minimum absolute atomic E-state index is 0.120. The quantitative estimate of drug-likeness (QED) is 0.919. The van der Waals surface area contributed by atoms with E-state index in [4.69, 9.17) is 11.6 Å². The minimum Gasteiger partial charge on any atom is -0.348 e. The highest BCUT2D eigenvalue weighted by atomic mass is 35.5. The summed E-state index contributed by atoms with van der Waals surface area (Å²) >= 11 is 5.83. The van der Waals surface area contributed by atoms with Crippen molar-refractivity contribution < 1.29 is 4.79 Å². The number of nitrogens with one attached hydrogen (secondary N) is 1. The van der Waals surface area contributed by atoms with Crippen molar-refractivity contribution in [2.24, 2.45) is 11.3 Å². The zero-order valence-electron chi connectivity index (χ0n) is 11.1. The molecular formula is C15H17ClN2O. The van der Waals surface area contributed by atoms with Crippen LogP contribution >= 0.6 is 11.6 Å². The van der Waals surface area contributed by atoms with Gasteiger partial charge in [0, 0.05) is 5.02 Å². The average molecular weight is 277 g/mol. The lowest BCUT2D eigenvalue weighted by atomic mass is 9.63. The molecule has 1 aromatic rings. The van der Waals surface area contributed by atoms with Crippen LogP contribution in [0.15, 0.2) is 24.3 Å². The van der Waals surface area contributed by atoms with Gasteiger partial charge >= 0.3 is 0 Å². The van der Waals surface area contributed by atoms with Gasteiger partial charge in [-0.3, -0.25) is 4.79 Å². The smallest absolute Gasteiger partial charge is 0.240 e. The largest absolute Gasteiger partial charge is 0.348 e. The number of nitriles is 1. The second-order valence-corrected chi connectivity index (χ2v) is 5.89. The van der Waals surface area contributed by atoms with Crippen LogP contribution in [0, 0.1) is 22.7 Å². The number of hydrogen-bond donors (Lipinski definition) is 1. The molecule has 3 nitrogen and oxygen atoms in total. The summed E-state index contributed by atoms with van der Waals surface area (Å²) in [5.74, 6) is 0.298. The number of hydrogen-bond acceptors (Lipinski definition) is 2. The summed E-state index contributed by atoms with van der Waals surface area (Å²) in [6.45, 7) is 3.97. The van der Waals surface area contributed by atoms with Gasteiger partial charge in [0.1, 0.15) is 5.41 Å². The Labute approximate surface area is 118 Å². The third-order valence-corrected chi connectivity index (χ3v) is 4.01. The van der Waals surface area contributed by atoms with Crippen LogP contribution in [0.25, 0.3) is 0 Å². The molecule has 2 rings (SSSR count). The number of carbonyl (C=O) groups excluding carboxylic acids is 1. The van der Waals surface area contributed by atoms with E-state index < -0.39 is 5.41 Å². The highest BCUT2D eigenvalue weighted by Gasteiger charge is 2.49.